The Balaban J connectivity index is 2.47. The highest BCUT2D eigenvalue weighted by Gasteiger charge is 2.10. The van der Waals surface area contributed by atoms with Gasteiger partial charge in [-0.2, -0.15) is 11.3 Å². The van der Waals surface area contributed by atoms with Gasteiger partial charge in [0.05, 0.1) is 0 Å². The molecule has 3 heteroatoms. The summed E-state index contributed by atoms with van der Waals surface area (Å²) < 4.78 is 0. The van der Waals surface area contributed by atoms with Gasteiger partial charge in [0, 0.05) is 6.04 Å². The second kappa shape index (κ2) is 6.17. The lowest BCUT2D eigenvalue weighted by Crippen LogP contribution is -2.25. The zero-order chi connectivity index (χ0) is 10.4. The number of hydrogen-bond acceptors (Lipinski definition) is 3. The van der Waals surface area contributed by atoms with Crippen molar-refractivity contribution in [3.05, 3.63) is 22.4 Å². The van der Waals surface area contributed by atoms with Gasteiger partial charge < -0.3 is 10.2 Å². The zero-order valence-electron chi connectivity index (χ0n) is 9.29. The maximum atomic E-state index is 3.52. The summed E-state index contributed by atoms with van der Waals surface area (Å²) >= 11 is 1.77. The van der Waals surface area contributed by atoms with Crippen molar-refractivity contribution in [2.75, 3.05) is 27.2 Å². The van der Waals surface area contributed by atoms with Gasteiger partial charge in [-0.1, -0.05) is 6.92 Å². The number of hydrogen-bond donors (Lipinski definition) is 1. The maximum Gasteiger partial charge on any atom is 0.0340 e. The van der Waals surface area contributed by atoms with Crippen LogP contribution >= 0.6 is 11.3 Å². The Hall–Kier alpha value is -0.380. The Labute approximate surface area is 90.9 Å². The van der Waals surface area contributed by atoms with Crippen LogP contribution in [0.5, 0.6) is 0 Å². The minimum absolute atomic E-state index is 0.522. The van der Waals surface area contributed by atoms with E-state index >= 15 is 0 Å². The lowest BCUT2D eigenvalue weighted by atomic mass is 10.1. The number of nitrogens with zero attached hydrogens (tertiary/aromatic N) is 1. The highest BCUT2D eigenvalue weighted by Crippen LogP contribution is 2.19. The van der Waals surface area contributed by atoms with Crippen molar-refractivity contribution in [2.24, 2.45) is 0 Å². The van der Waals surface area contributed by atoms with Crippen LogP contribution in [0, 0.1) is 0 Å². The number of nitrogens with one attached hydrogen (secondary N) is 1. The molecule has 0 aromatic carbocycles. The molecule has 1 aromatic rings. The Morgan fingerprint density at radius 2 is 2.29 bits per heavy atom. The molecule has 2 nitrogen and oxygen atoms in total. The average Bonchev–Trinajstić information content (AvgIpc) is 2.64. The van der Waals surface area contributed by atoms with Crippen molar-refractivity contribution in [1.29, 1.82) is 0 Å². The van der Waals surface area contributed by atoms with Gasteiger partial charge in [-0.3, -0.25) is 0 Å². The molecule has 1 heterocycles. The summed E-state index contributed by atoms with van der Waals surface area (Å²) in [5.41, 5.74) is 1.43. The Bertz CT molecular complexity index is 231. The monoisotopic (exact) mass is 212 g/mol. The van der Waals surface area contributed by atoms with Gasteiger partial charge in [-0.05, 0) is 56.0 Å². The second-order valence-electron chi connectivity index (χ2n) is 3.76. The molecule has 1 N–H and O–H groups in total. The van der Waals surface area contributed by atoms with E-state index in [0.29, 0.717) is 6.04 Å². The maximum absolute atomic E-state index is 3.52. The molecule has 0 spiro atoms. The lowest BCUT2D eigenvalue weighted by Gasteiger charge is -2.19. The molecule has 1 rings (SSSR count). The van der Waals surface area contributed by atoms with Gasteiger partial charge in [0.15, 0.2) is 0 Å². The number of rotatable bonds is 6. The van der Waals surface area contributed by atoms with Crippen LogP contribution in [-0.2, 0) is 0 Å². The Morgan fingerprint density at radius 1 is 1.50 bits per heavy atom. The predicted octanol–water partition coefficient (Wildman–Crippen LogP) is 2.35. The first kappa shape index (κ1) is 11.7. The summed E-state index contributed by atoms with van der Waals surface area (Å²) in [7, 11) is 4.24. The van der Waals surface area contributed by atoms with Crippen molar-refractivity contribution < 1.29 is 0 Å². The molecule has 80 valence electrons. The van der Waals surface area contributed by atoms with Gasteiger partial charge >= 0.3 is 0 Å². The molecule has 0 saturated carbocycles. The van der Waals surface area contributed by atoms with Crippen LogP contribution in [0.4, 0.5) is 0 Å². The molecular weight excluding hydrogens is 192 g/mol. The van der Waals surface area contributed by atoms with Crippen LogP contribution in [0.3, 0.4) is 0 Å². The molecule has 14 heavy (non-hydrogen) atoms. The lowest BCUT2D eigenvalue weighted by molar-refractivity contribution is 0.363. The molecule has 0 fully saturated rings. The van der Waals surface area contributed by atoms with Crippen molar-refractivity contribution in [1.82, 2.24) is 10.2 Å². The van der Waals surface area contributed by atoms with Crippen LogP contribution in [0.25, 0.3) is 0 Å². The second-order valence-corrected chi connectivity index (χ2v) is 4.54. The molecular formula is C11H20N2S. The van der Waals surface area contributed by atoms with Gasteiger partial charge in [0.1, 0.15) is 0 Å². The summed E-state index contributed by atoms with van der Waals surface area (Å²) in [5.74, 6) is 0. The van der Waals surface area contributed by atoms with E-state index in [1.165, 1.54) is 12.0 Å². The van der Waals surface area contributed by atoms with Crippen LogP contribution < -0.4 is 5.32 Å². The summed E-state index contributed by atoms with van der Waals surface area (Å²) in [6.45, 7) is 4.33. The number of thiophene rings is 1. The zero-order valence-corrected chi connectivity index (χ0v) is 10.1. The topological polar surface area (TPSA) is 15.3 Å². The Kier molecular flexibility index (Phi) is 5.15. The van der Waals surface area contributed by atoms with Crippen molar-refractivity contribution in [2.45, 2.75) is 19.4 Å². The molecule has 0 radical (unpaired) electrons. The van der Waals surface area contributed by atoms with Crippen LogP contribution in [0.1, 0.15) is 24.9 Å². The Morgan fingerprint density at radius 3 is 2.79 bits per heavy atom. The smallest absolute Gasteiger partial charge is 0.0340 e. The van der Waals surface area contributed by atoms with Gasteiger partial charge in [0.2, 0.25) is 0 Å². The van der Waals surface area contributed by atoms with E-state index < -0.39 is 0 Å². The molecule has 0 saturated heterocycles. The fourth-order valence-corrected chi connectivity index (χ4v) is 2.21. The van der Waals surface area contributed by atoms with E-state index in [-0.39, 0.29) is 0 Å². The van der Waals surface area contributed by atoms with Crippen molar-refractivity contribution in [3.8, 4) is 0 Å². The molecule has 0 bridgehead atoms. The molecule has 1 atom stereocenters. The third-order valence-electron chi connectivity index (χ3n) is 2.26. The van der Waals surface area contributed by atoms with Crippen LogP contribution in [0.2, 0.25) is 0 Å². The highest BCUT2D eigenvalue weighted by molar-refractivity contribution is 7.07. The largest absolute Gasteiger partial charge is 0.310 e. The standard InChI is InChI=1S/C11H20N2S/c1-4-12-11(5-7-13(2)3)10-6-8-14-9-10/h6,8-9,11-12H,4-5,7H2,1-3H3. The molecule has 1 aromatic heterocycles. The molecule has 0 aliphatic carbocycles. The SMILES string of the molecule is CCNC(CCN(C)C)c1ccsc1. The summed E-state index contributed by atoms with van der Waals surface area (Å²) in [6.07, 6.45) is 1.18. The van der Waals surface area contributed by atoms with E-state index in [1.807, 2.05) is 0 Å². The molecule has 0 aliphatic rings. The quantitative estimate of drug-likeness (QED) is 0.778. The van der Waals surface area contributed by atoms with E-state index in [2.05, 4.69) is 48.1 Å². The normalized spacial score (nSPS) is 13.4. The first-order valence-corrected chi connectivity index (χ1v) is 6.08. The fraction of sp³-hybridized carbons (Fsp3) is 0.636. The average molecular weight is 212 g/mol. The molecule has 0 amide bonds. The predicted molar refractivity (Wildman–Crippen MR) is 63.9 cm³/mol. The fourth-order valence-electron chi connectivity index (χ4n) is 1.49. The van der Waals surface area contributed by atoms with E-state index in [9.17, 15) is 0 Å². The highest BCUT2D eigenvalue weighted by atomic mass is 32.1. The van der Waals surface area contributed by atoms with Gasteiger partial charge in [0.25, 0.3) is 0 Å². The summed E-state index contributed by atoms with van der Waals surface area (Å²) in [6, 6.07) is 2.74. The minimum atomic E-state index is 0.522. The summed E-state index contributed by atoms with van der Waals surface area (Å²) in [5, 5.41) is 7.91. The van der Waals surface area contributed by atoms with E-state index in [4.69, 9.17) is 0 Å². The minimum Gasteiger partial charge on any atom is -0.310 e. The summed E-state index contributed by atoms with van der Waals surface area (Å²) in [4.78, 5) is 2.23. The van der Waals surface area contributed by atoms with Crippen LogP contribution in [0.15, 0.2) is 16.8 Å². The van der Waals surface area contributed by atoms with E-state index in [0.717, 1.165) is 13.1 Å². The van der Waals surface area contributed by atoms with E-state index in [1.54, 1.807) is 11.3 Å². The third kappa shape index (κ3) is 3.78. The van der Waals surface area contributed by atoms with Crippen LogP contribution in [-0.4, -0.2) is 32.1 Å². The molecule has 1 unspecified atom stereocenters. The van der Waals surface area contributed by atoms with Gasteiger partial charge in [-0.15, -0.1) is 0 Å². The van der Waals surface area contributed by atoms with Crippen molar-refractivity contribution in [3.63, 3.8) is 0 Å². The first-order valence-electron chi connectivity index (χ1n) is 5.14. The third-order valence-corrected chi connectivity index (χ3v) is 2.96. The first-order chi connectivity index (χ1) is 6.74. The molecule has 0 aliphatic heterocycles. The van der Waals surface area contributed by atoms with Gasteiger partial charge in [-0.25, -0.2) is 0 Å². The van der Waals surface area contributed by atoms with Crippen molar-refractivity contribution >= 4 is 11.3 Å².